The quantitative estimate of drug-likeness (QED) is 0.854. The van der Waals surface area contributed by atoms with E-state index in [9.17, 15) is 9.18 Å². The van der Waals surface area contributed by atoms with Crippen LogP contribution in [0.25, 0.3) is 0 Å². The Morgan fingerprint density at radius 1 is 1.29 bits per heavy atom. The summed E-state index contributed by atoms with van der Waals surface area (Å²) in [5.74, 6) is 0.425. The van der Waals surface area contributed by atoms with Crippen molar-refractivity contribution in [2.24, 2.45) is 0 Å². The molecule has 1 aromatic carbocycles. The van der Waals surface area contributed by atoms with Crippen molar-refractivity contribution in [2.75, 3.05) is 26.2 Å². The Morgan fingerprint density at radius 2 is 2.05 bits per heavy atom. The van der Waals surface area contributed by atoms with E-state index in [4.69, 9.17) is 0 Å². The predicted octanol–water partition coefficient (Wildman–Crippen LogP) is 2.63. The molecule has 0 unspecified atom stereocenters. The first-order valence-electron chi connectivity index (χ1n) is 7.93. The molecular weight excluding hydrogens is 267 g/mol. The minimum atomic E-state index is -0.174. The van der Waals surface area contributed by atoms with Gasteiger partial charge in [-0.15, -0.1) is 0 Å². The highest BCUT2D eigenvalue weighted by Gasteiger charge is 2.33. The van der Waals surface area contributed by atoms with Gasteiger partial charge >= 0.3 is 0 Å². The SMILES string of the molecule is C[C@@H](C(=O)N1CCCC1)N1CC[C@@H](c2cccc(F)c2)C1. The van der Waals surface area contributed by atoms with Crippen LogP contribution in [-0.4, -0.2) is 47.9 Å². The number of hydrogen-bond acceptors (Lipinski definition) is 2. The maximum Gasteiger partial charge on any atom is 0.239 e. The van der Waals surface area contributed by atoms with E-state index in [1.54, 1.807) is 12.1 Å². The second-order valence-corrected chi connectivity index (χ2v) is 6.24. The van der Waals surface area contributed by atoms with Gasteiger partial charge in [0.15, 0.2) is 0 Å². The second-order valence-electron chi connectivity index (χ2n) is 6.24. The molecule has 1 amide bonds. The second kappa shape index (κ2) is 6.14. The van der Waals surface area contributed by atoms with Gasteiger partial charge in [-0.2, -0.15) is 0 Å². The summed E-state index contributed by atoms with van der Waals surface area (Å²) in [6.07, 6.45) is 3.26. The van der Waals surface area contributed by atoms with Gasteiger partial charge < -0.3 is 4.90 Å². The van der Waals surface area contributed by atoms with E-state index in [1.165, 1.54) is 6.07 Å². The molecule has 3 nitrogen and oxygen atoms in total. The lowest BCUT2D eigenvalue weighted by Gasteiger charge is -2.27. The zero-order chi connectivity index (χ0) is 14.8. The van der Waals surface area contributed by atoms with Gasteiger partial charge in [0.25, 0.3) is 0 Å². The van der Waals surface area contributed by atoms with Crippen molar-refractivity contribution in [3.8, 4) is 0 Å². The van der Waals surface area contributed by atoms with Crippen molar-refractivity contribution in [1.29, 1.82) is 0 Å². The number of nitrogens with zero attached hydrogens (tertiary/aromatic N) is 2. The molecule has 2 fully saturated rings. The molecule has 0 radical (unpaired) electrons. The van der Waals surface area contributed by atoms with Gasteiger partial charge in [0.05, 0.1) is 6.04 Å². The minimum absolute atomic E-state index is 0.0540. The topological polar surface area (TPSA) is 23.6 Å². The number of carbonyl (C=O) groups excluding carboxylic acids is 1. The molecule has 0 N–H and O–H groups in total. The summed E-state index contributed by atoms with van der Waals surface area (Å²) in [5.41, 5.74) is 1.05. The van der Waals surface area contributed by atoms with E-state index >= 15 is 0 Å². The smallest absolute Gasteiger partial charge is 0.239 e. The lowest BCUT2D eigenvalue weighted by Crippen LogP contribution is -2.45. The highest BCUT2D eigenvalue weighted by atomic mass is 19.1. The molecule has 1 aromatic rings. The molecule has 0 aromatic heterocycles. The van der Waals surface area contributed by atoms with Crippen LogP contribution in [0.5, 0.6) is 0 Å². The molecule has 21 heavy (non-hydrogen) atoms. The Labute approximate surface area is 125 Å². The number of amides is 1. The molecule has 0 spiro atoms. The maximum absolute atomic E-state index is 13.3. The third-order valence-corrected chi connectivity index (χ3v) is 4.86. The average Bonchev–Trinajstić information content (AvgIpc) is 3.17. The van der Waals surface area contributed by atoms with Crippen LogP contribution in [0.3, 0.4) is 0 Å². The van der Waals surface area contributed by atoms with Crippen molar-refractivity contribution < 1.29 is 9.18 Å². The monoisotopic (exact) mass is 290 g/mol. The van der Waals surface area contributed by atoms with Gasteiger partial charge in [-0.1, -0.05) is 12.1 Å². The van der Waals surface area contributed by atoms with Crippen LogP contribution in [-0.2, 0) is 4.79 Å². The van der Waals surface area contributed by atoms with Gasteiger partial charge in [0, 0.05) is 19.6 Å². The van der Waals surface area contributed by atoms with Crippen LogP contribution in [0.2, 0.25) is 0 Å². The van der Waals surface area contributed by atoms with E-state index < -0.39 is 0 Å². The Kier molecular flexibility index (Phi) is 4.24. The number of rotatable bonds is 3. The van der Waals surface area contributed by atoms with Gasteiger partial charge in [-0.25, -0.2) is 4.39 Å². The minimum Gasteiger partial charge on any atom is -0.341 e. The Bertz CT molecular complexity index is 513. The third kappa shape index (κ3) is 3.10. The summed E-state index contributed by atoms with van der Waals surface area (Å²) in [6.45, 7) is 5.59. The Balaban J connectivity index is 1.62. The van der Waals surface area contributed by atoms with Crippen molar-refractivity contribution in [3.63, 3.8) is 0 Å². The van der Waals surface area contributed by atoms with Gasteiger partial charge in [0.1, 0.15) is 5.82 Å². The zero-order valence-corrected chi connectivity index (χ0v) is 12.6. The first-order valence-corrected chi connectivity index (χ1v) is 7.93. The molecule has 0 bridgehead atoms. The maximum atomic E-state index is 13.3. The normalized spacial score (nSPS) is 24.5. The van der Waals surface area contributed by atoms with Crippen LogP contribution < -0.4 is 0 Å². The molecule has 114 valence electrons. The van der Waals surface area contributed by atoms with Crippen molar-refractivity contribution >= 4 is 5.91 Å². The molecule has 2 saturated heterocycles. The summed E-state index contributed by atoms with van der Waals surface area (Å²) in [7, 11) is 0. The number of carbonyl (C=O) groups is 1. The molecule has 4 heteroatoms. The van der Waals surface area contributed by atoms with Crippen LogP contribution in [0, 0.1) is 5.82 Å². The zero-order valence-electron chi connectivity index (χ0n) is 12.6. The van der Waals surface area contributed by atoms with E-state index in [0.717, 1.165) is 51.0 Å². The lowest BCUT2D eigenvalue weighted by molar-refractivity contribution is -0.134. The first kappa shape index (κ1) is 14.5. The van der Waals surface area contributed by atoms with Gasteiger partial charge in [0.2, 0.25) is 5.91 Å². The molecule has 0 saturated carbocycles. The molecule has 2 atom stereocenters. The standard InChI is InChI=1S/C17H23FN2O/c1-13(17(21)19-8-2-3-9-19)20-10-7-15(12-20)14-5-4-6-16(18)11-14/h4-6,11,13,15H,2-3,7-10,12H2,1H3/t13-,15+/m0/s1. The van der Waals surface area contributed by atoms with E-state index in [0.29, 0.717) is 5.92 Å². The summed E-state index contributed by atoms with van der Waals surface area (Å²) >= 11 is 0. The predicted molar refractivity (Wildman–Crippen MR) is 80.6 cm³/mol. The van der Waals surface area contributed by atoms with Crippen molar-refractivity contribution in [3.05, 3.63) is 35.6 Å². The van der Waals surface area contributed by atoms with E-state index in [2.05, 4.69) is 4.90 Å². The average molecular weight is 290 g/mol. The van der Waals surface area contributed by atoms with E-state index in [-0.39, 0.29) is 17.8 Å². The van der Waals surface area contributed by atoms with Crippen molar-refractivity contribution in [1.82, 2.24) is 9.80 Å². The first-order chi connectivity index (χ1) is 10.1. The third-order valence-electron chi connectivity index (χ3n) is 4.86. The molecule has 2 heterocycles. The van der Waals surface area contributed by atoms with Crippen LogP contribution >= 0.6 is 0 Å². The fourth-order valence-corrected chi connectivity index (χ4v) is 3.53. The lowest BCUT2D eigenvalue weighted by atomic mass is 9.98. The summed E-state index contributed by atoms with van der Waals surface area (Å²) in [6, 6.07) is 6.81. The Hall–Kier alpha value is -1.42. The van der Waals surface area contributed by atoms with Crippen LogP contribution in [0.1, 0.15) is 37.7 Å². The van der Waals surface area contributed by atoms with Crippen molar-refractivity contribution in [2.45, 2.75) is 38.1 Å². The number of likely N-dealkylation sites (tertiary alicyclic amines) is 2. The summed E-state index contributed by atoms with van der Waals surface area (Å²) in [5, 5.41) is 0. The molecule has 2 aliphatic rings. The molecular formula is C17H23FN2O. The van der Waals surface area contributed by atoms with Crippen LogP contribution in [0.4, 0.5) is 4.39 Å². The fourth-order valence-electron chi connectivity index (χ4n) is 3.53. The molecule has 0 aliphatic carbocycles. The number of hydrogen-bond donors (Lipinski definition) is 0. The summed E-state index contributed by atoms with van der Waals surface area (Å²) < 4.78 is 13.3. The molecule has 2 aliphatic heterocycles. The van der Waals surface area contributed by atoms with E-state index in [1.807, 2.05) is 17.9 Å². The summed E-state index contributed by atoms with van der Waals surface area (Å²) in [4.78, 5) is 16.7. The highest BCUT2D eigenvalue weighted by molar-refractivity contribution is 5.81. The largest absolute Gasteiger partial charge is 0.341 e. The van der Waals surface area contributed by atoms with Gasteiger partial charge in [-0.05, 0) is 56.3 Å². The Morgan fingerprint density at radius 3 is 2.76 bits per heavy atom. The fraction of sp³-hybridized carbons (Fsp3) is 0.588. The van der Waals surface area contributed by atoms with Gasteiger partial charge in [-0.3, -0.25) is 9.69 Å². The van der Waals surface area contributed by atoms with Crippen LogP contribution in [0.15, 0.2) is 24.3 Å². The molecule has 3 rings (SSSR count). The number of benzene rings is 1. The highest BCUT2D eigenvalue weighted by Crippen LogP contribution is 2.29. The number of halogens is 1.